The third-order valence-electron chi connectivity index (χ3n) is 2.49. The van der Waals surface area contributed by atoms with Crippen molar-refractivity contribution in [3.05, 3.63) is 28.7 Å². The Morgan fingerprint density at radius 3 is 3.06 bits per heavy atom. The van der Waals surface area contributed by atoms with Crippen LogP contribution in [0, 0.1) is 0 Å². The molecule has 1 aromatic carbocycles. The number of rotatable bonds is 4. The summed E-state index contributed by atoms with van der Waals surface area (Å²) in [6.07, 6.45) is 1.03. The molecule has 0 aliphatic carbocycles. The number of anilines is 1. The van der Waals surface area contributed by atoms with Gasteiger partial charge in [0.2, 0.25) is 0 Å². The fraction of sp³-hybridized carbons (Fsp3) is 0.364. The molecule has 0 radical (unpaired) electrons. The SMILES string of the molecule is CN(CCCS)c1ccc2oc(=O)[nH]c2c1. The van der Waals surface area contributed by atoms with E-state index >= 15 is 0 Å². The summed E-state index contributed by atoms with van der Waals surface area (Å²) in [7, 11) is 2.02. The van der Waals surface area contributed by atoms with Crippen LogP contribution in [0.25, 0.3) is 11.1 Å². The van der Waals surface area contributed by atoms with Crippen LogP contribution in [0.5, 0.6) is 0 Å². The van der Waals surface area contributed by atoms with Crippen molar-refractivity contribution in [2.45, 2.75) is 6.42 Å². The molecule has 4 nitrogen and oxygen atoms in total. The second-order valence-electron chi connectivity index (χ2n) is 3.69. The molecular weight excluding hydrogens is 224 g/mol. The van der Waals surface area contributed by atoms with E-state index in [0.717, 1.165) is 29.9 Å². The zero-order valence-electron chi connectivity index (χ0n) is 9.06. The number of H-pyrrole nitrogens is 1. The van der Waals surface area contributed by atoms with E-state index in [1.54, 1.807) is 6.07 Å². The van der Waals surface area contributed by atoms with Gasteiger partial charge in [-0.05, 0) is 30.4 Å². The fourth-order valence-corrected chi connectivity index (χ4v) is 1.76. The first-order chi connectivity index (χ1) is 7.70. The normalized spacial score (nSPS) is 10.9. The van der Waals surface area contributed by atoms with Gasteiger partial charge in [-0.1, -0.05) is 0 Å². The van der Waals surface area contributed by atoms with E-state index in [2.05, 4.69) is 22.5 Å². The second-order valence-corrected chi connectivity index (χ2v) is 4.14. The molecule has 1 heterocycles. The number of nitrogens with one attached hydrogen (secondary N) is 1. The number of benzene rings is 1. The largest absolute Gasteiger partial charge is 0.417 e. The highest BCUT2D eigenvalue weighted by molar-refractivity contribution is 7.80. The van der Waals surface area contributed by atoms with E-state index in [1.807, 2.05) is 19.2 Å². The molecule has 0 saturated carbocycles. The van der Waals surface area contributed by atoms with Crippen molar-refractivity contribution in [3.8, 4) is 0 Å². The molecule has 0 aliphatic rings. The predicted molar refractivity (Wildman–Crippen MR) is 68.6 cm³/mol. The number of thiol groups is 1. The summed E-state index contributed by atoms with van der Waals surface area (Å²) in [6, 6.07) is 5.66. The lowest BCUT2D eigenvalue weighted by Crippen LogP contribution is -2.18. The van der Waals surface area contributed by atoms with Gasteiger partial charge in [0.15, 0.2) is 5.58 Å². The third-order valence-corrected chi connectivity index (χ3v) is 2.81. The number of oxazole rings is 1. The molecule has 0 amide bonds. The number of hydrogen-bond donors (Lipinski definition) is 2. The van der Waals surface area contributed by atoms with Crippen molar-refractivity contribution in [3.63, 3.8) is 0 Å². The summed E-state index contributed by atoms with van der Waals surface area (Å²) in [5.41, 5.74) is 2.39. The van der Waals surface area contributed by atoms with Crippen LogP contribution in [0.1, 0.15) is 6.42 Å². The van der Waals surface area contributed by atoms with E-state index in [4.69, 9.17) is 4.42 Å². The Kier molecular flexibility index (Phi) is 3.24. The highest BCUT2D eigenvalue weighted by Crippen LogP contribution is 2.19. The van der Waals surface area contributed by atoms with Gasteiger partial charge in [-0.25, -0.2) is 4.79 Å². The molecule has 0 unspecified atom stereocenters. The van der Waals surface area contributed by atoms with Gasteiger partial charge < -0.3 is 9.32 Å². The van der Waals surface area contributed by atoms with Gasteiger partial charge in [0.25, 0.3) is 0 Å². The summed E-state index contributed by atoms with van der Waals surface area (Å²) in [5, 5.41) is 0. The monoisotopic (exact) mass is 238 g/mol. The van der Waals surface area contributed by atoms with Gasteiger partial charge in [0.05, 0.1) is 5.52 Å². The van der Waals surface area contributed by atoms with Crippen molar-refractivity contribution < 1.29 is 4.42 Å². The molecule has 5 heteroatoms. The Balaban J connectivity index is 2.27. The standard InChI is InChI=1S/C11H14N2O2S/c1-13(5-2-6-16)8-3-4-10-9(7-8)12-11(14)15-10/h3-4,7,16H,2,5-6H2,1H3,(H,12,14). The minimum atomic E-state index is -0.412. The number of hydrogen-bond acceptors (Lipinski definition) is 4. The summed E-state index contributed by atoms with van der Waals surface area (Å²) in [6.45, 7) is 0.942. The van der Waals surface area contributed by atoms with Crippen LogP contribution in [0.2, 0.25) is 0 Å². The molecule has 2 rings (SSSR count). The number of nitrogens with zero attached hydrogens (tertiary/aromatic N) is 1. The van der Waals surface area contributed by atoms with Crippen molar-refractivity contribution in [2.75, 3.05) is 24.2 Å². The Labute approximate surface area is 98.7 Å². The average Bonchev–Trinajstić information content (AvgIpc) is 2.64. The molecule has 0 saturated heterocycles. The number of fused-ring (bicyclic) bond motifs is 1. The van der Waals surface area contributed by atoms with Gasteiger partial charge in [0.1, 0.15) is 0 Å². The van der Waals surface area contributed by atoms with Crippen LogP contribution < -0.4 is 10.7 Å². The molecule has 1 N–H and O–H groups in total. The van der Waals surface area contributed by atoms with E-state index in [1.165, 1.54) is 0 Å². The van der Waals surface area contributed by atoms with Crippen LogP contribution in [0.4, 0.5) is 5.69 Å². The second kappa shape index (κ2) is 4.65. The fourth-order valence-electron chi connectivity index (χ4n) is 1.61. The lowest BCUT2D eigenvalue weighted by Gasteiger charge is -2.18. The summed E-state index contributed by atoms with van der Waals surface area (Å²) in [5.74, 6) is 0.458. The van der Waals surface area contributed by atoms with Gasteiger partial charge in [-0.2, -0.15) is 12.6 Å². The van der Waals surface area contributed by atoms with Crippen LogP contribution in [0.15, 0.2) is 27.4 Å². The van der Waals surface area contributed by atoms with E-state index in [0.29, 0.717) is 5.58 Å². The Morgan fingerprint density at radius 2 is 2.31 bits per heavy atom. The van der Waals surface area contributed by atoms with Crippen molar-refractivity contribution >= 4 is 29.4 Å². The molecule has 0 spiro atoms. The predicted octanol–water partition coefficient (Wildman–Crippen LogP) is 1.88. The van der Waals surface area contributed by atoms with Crippen molar-refractivity contribution in [1.29, 1.82) is 0 Å². The first-order valence-corrected chi connectivity index (χ1v) is 5.79. The molecular formula is C11H14N2O2S. The highest BCUT2D eigenvalue weighted by Gasteiger charge is 2.04. The van der Waals surface area contributed by atoms with Crippen molar-refractivity contribution in [1.82, 2.24) is 4.98 Å². The van der Waals surface area contributed by atoms with Crippen LogP contribution >= 0.6 is 12.6 Å². The summed E-state index contributed by atoms with van der Waals surface area (Å²) >= 11 is 4.18. The minimum absolute atomic E-state index is 0.412. The first-order valence-electron chi connectivity index (χ1n) is 5.15. The zero-order valence-corrected chi connectivity index (χ0v) is 9.96. The van der Waals surface area contributed by atoms with Crippen LogP contribution in [-0.4, -0.2) is 24.3 Å². The molecule has 2 aromatic rings. The molecule has 86 valence electrons. The maximum absolute atomic E-state index is 11.0. The Morgan fingerprint density at radius 1 is 1.50 bits per heavy atom. The smallest absolute Gasteiger partial charge is 0.408 e. The molecule has 0 aliphatic heterocycles. The highest BCUT2D eigenvalue weighted by atomic mass is 32.1. The first kappa shape index (κ1) is 11.1. The third kappa shape index (κ3) is 2.24. The lowest BCUT2D eigenvalue weighted by molar-refractivity contribution is 0.555. The lowest BCUT2D eigenvalue weighted by atomic mass is 10.2. The van der Waals surface area contributed by atoms with Crippen LogP contribution in [-0.2, 0) is 0 Å². The Bertz CT molecular complexity index is 532. The van der Waals surface area contributed by atoms with E-state index in [9.17, 15) is 4.79 Å². The molecule has 0 atom stereocenters. The summed E-state index contributed by atoms with van der Waals surface area (Å²) < 4.78 is 4.94. The van der Waals surface area contributed by atoms with Crippen molar-refractivity contribution in [2.24, 2.45) is 0 Å². The van der Waals surface area contributed by atoms with E-state index in [-0.39, 0.29) is 0 Å². The van der Waals surface area contributed by atoms with E-state index < -0.39 is 5.76 Å². The maximum Gasteiger partial charge on any atom is 0.417 e. The zero-order chi connectivity index (χ0) is 11.5. The Hall–Kier alpha value is -1.36. The molecule has 16 heavy (non-hydrogen) atoms. The van der Waals surface area contributed by atoms with Gasteiger partial charge in [-0.3, -0.25) is 4.98 Å². The van der Waals surface area contributed by atoms with Gasteiger partial charge in [-0.15, -0.1) is 0 Å². The molecule has 1 aromatic heterocycles. The average molecular weight is 238 g/mol. The number of aromatic nitrogens is 1. The molecule has 0 fully saturated rings. The number of aromatic amines is 1. The maximum atomic E-state index is 11.0. The molecule has 0 bridgehead atoms. The summed E-state index contributed by atoms with van der Waals surface area (Å²) in [4.78, 5) is 15.8. The van der Waals surface area contributed by atoms with Gasteiger partial charge in [0, 0.05) is 19.3 Å². The topological polar surface area (TPSA) is 49.2 Å². The quantitative estimate of drug-likeness (QED) is 0.800. The van der Waals surface area contributed by atoms with Gasteiger partial charge >= 0.3 is 5.76 Å². The minimum Gasteiger partial charge on any atom is -0.408 e. The van der Waals surface area contributed by atoms with Crippen LogP contribution in [0.3, 0.4) is 0 Å².